The number of ketones is 1. The summed E-state index contributed by atoms with van der Waals surface area (Å²) in [6.45, 7) is 5.07. The molecule has 4 aliphatic carbocycles. The van der Waals surface area contributed by atoms with E-state index in [0.717, 1.165) is 16.7 Å². The van der Waals surface area contributed by atoms with E-state index in [9.17, 15) is 27.6 Å². The van der Waals surface area contributed by atoms with Crippen molar-refractivity contribution in [3.05, 3.63) is 52.6 Å². The van der Waals surface area contributed by atoms with E-state index in [2.05, 4.69) is 0 Å². The molecule has 0 amide bonds. The normalized spacial score (nSPS) is 32.4. The number of fused-ring (bicyclic) bond motifs is 4. The second kappa shape index (κ2) is 10.4. The Morgan fingerprint density at radius 1 is 1.00 bits per heavy atom. The summed E-state index contributed by atoms with van der Waals surface area (Å²) < 4.78 is 95.7. The lowest BCUT2D eigenvalue weighted by Gasteiger charge is -2.56. The van der Waals surface area contributed by atoms with Crippen LogP contribution in [0, 0.1) is 17.3 Å². The van der Waals surface area contributed by atoms with Crippen LogP contribution in [0.2, 0.25) is 0 Å². The maximum atomic E-state index is 15.1. The smallest absolute Gasteiger partial charge is 0.383 e. The lowest BCUT2D eigenvalue weighted by Crippen LogP contribution is -2.65. The number of hydrogen-bond donors (Lipinski definition) is 1. The second-order valence-electron chi connectivity index (χ2n) is 11.9. The fourth-order valence-corrected chi connectivity index (χ4v) is 9.70. The number of benzene rings is 1. The topological polar surface area (TPSA) is 72.8 Å². The Kier molecular flexibility index (Phi) is 7.75. The number of halogens is 5. The van der Waals surface area contributed by atoms with Gasteiger partial charge in [-0.15, -0.1) is 0 Å². The minimum absolute atomic E-state index is 0.0204. The van der Waals surface area contributed by atoms with Crippen molar-refractivity contribution in [1.82, 2.24) is 0 Å². The molecule has 1 N–H and O–H groups in total. The molecule has 1 aromatic carbocycles. The van der Waals surface area contributed by atoms with Gasteiger partial charge in [-0.1, -0.05) is 24.6 Å². The molecule has 5 nitrogen and oxygen atoms in total. The number of hydrogen-bond acceptors (Lipinski definition) is 5. The van der Waals surface area contributed by atoms with Crippen LogP contribution < -0.4 is 5.30 Å². The average molecular weight is 603 g/mol. The summed E-state index contributed by atoms with van der Waals surface area (Å²) in [4.78, 5) is 12.2. The van der Waals surface area contributed by atoms with Crippen molar-refractivity contribution in [3.63, 3.8) is 0 Å². The van der Waals surface area contributed by atoms with Gasteiger partial charge in [0.25, 0.3) is 0 Å². The first-order chi connectivity index (χ1) is 19.1. The zero-order valence-electron chi connectivity index (χ0n) is 23.4. The molecule has 226 valence electrons. The zero-order valence-corrected chi connectivity index (χ0v) is 24.3. The Bertz CT molecular complexity index is 1310. The van der Waals surface area contributed by atoms with Crippen molar-refractivity contribution in [2.24, 2.45) is 17.3 Å². The quantitative estimate of drug-likeness (QED) is 0.260. The van der Waals surface area contributed by atoms with E-state index >= 15 is 8.78 Å². The summed E-state index contributed by atoms with van der Waals surface area (Å²) in [5.74, 6) is -6.73. The molecule has 2 saturated carbocycles. The maximum Gasteiger partial charge on any atom is 0.456 e. The highest BCUT2D eigenvalue weighted by atomic mass is 31.2. The molecular weight excluding hydrogens is 566 g/mol. The van der Waals surface area contributed by atoms with E-state index in [0.29, 0.717) is 36.6 Å². The van der Waals surface area contributed by atoms with E-state index in [1.54, 1.807) is 44.2 Å². The largest absolute Gasteiger partial charge is 0.456 e. The summed E-state index contributed by atoms with van der Waals surface area (Å²) in [5.41, 5.74) is -1.48. The molecule has 0 radical (unpaired) electrons. The van der Waals surface area contributed by atoms with Crippen molar-refractivity contribution in [1.29, 1.82) is 0 Å². The van der Waals surface area contributed by atoms with Crippen LogP contribution in [-0.4, -0.2) is 41.8 Å². The summed E-state index contributed by atoms with van der Waals surface area (Å²) in [6, 6.07) is 6.57. The Balaban J connectivity index is 1.65. The summed E-state index contributed by atoms with van der Waals surface area (Å²) in [7, 11) is -3.61. The van der Waals surface area contributed by atoms with Gasteiger partial charge < -0.3 is 14.2 Å². The van der Waals surface area contributed by atoms with Gasteiger partial charge in [0.15, 0.2) is 5.78 Å². The summed E-state index contributed by atoms with van der Waals surface area (Å²) in [6.07, 6.45) is -3.15. The number of alkyl halides is 5. The Morgan fingerprint density at radius 3 is 2.22 bits per heavy atom. The van der Waals surface area contributed by atoms with Crippen molar-refractivity contribution >= 4 is 18.7 Å². The molecule has 1 unspecified atom stereocenters. The van der Waals surface area contributed by atoms with Crippen molar-refractivity contribution < 1.29 is 45.5 Å². The molecule has 0 heterocycles. The Morgan fingerprint density at radius 2 is 1.63 bits per heavy atom. The minimum Gasteiger partial charge on any atom is -0.383 e. The van der Waals surface area contributed by atoms with Crippen molar-refractivity contribution in [3.8, 4) is 0 Å². The van der Waals surface area contributed by atoms with Crippen LogP contribution in [0.1, 0.15) is 77.2 Å². The number of carbonyl (C=O) groups is 1. The minimum atomic E-state index is -5.90. The van der Waals surface area contributed by atoms with E-state index in [4.69, 9.17) is 9.05 Å². The maximum absolute atomic E-state index is 15.1. The van der Waals surface area contributed by atoms with Gasteiger partial charge in [0.05, 0.1) is 18.5 Å². The average Bonchev–Trinajstić information content (AvgIpc) is 3.19. The van der Waals surface area contributed by atoms with Crippen LogP contribution in [0.5, 0.6) is 0 Å². The standard InChI is InChI=1S/C30H36F5O5P/c1-4-39-41(38,40-5-2)21-10-6-18(7-11-21)24-17-27(3)25(14-15-28(27,37)29(31,32)30(33,34)35)23-12-8-19-16-20(36)9-13-22(19)26(23)24/h6-7,10-11,16,23-25,37H,4-5,8-9,12-15,17H2,1-3H3/t23?,24-,25+,27+,28+/m1/s1. The first-order valence-corrected chi connectivity index (χ1v) is 15.8. The van der Waals surface area contributed by atoms with Gasteiger partial charge in [0.2, 0.25) is 0 Å². The van der Waals surface area contributed by atoms with Crippen molar-refractivity contribution in [2.75, 3.05) is 13.2 Å². The lowest BCUT2D eigenvalue weighted by atomic mass is 9.50. The highest BCUT2D eigenvalue weighted by molar-refractivity contribution is 7.62. The first kappa shape index (κ1) is 30.6. The third-order valence-corrected chi connectivity index (χ3v) is 12.1. The molecule has 0 spiro atoms. The molecule has 0 aromatic heterocycles. The van der Waals surface area contributed by atoms with E-state index in [1.165, 1.54) is 6.92 Å². The molecule has 41 heavy (non-hydrogen) atoms. The number of aliphatic hydroxyl groups is 1. The van der Waals surface area contributed by atoms with E-state index in [-0.39, 0.29) is 37.8 Å². The molecule has 0 bridgehead atoms. The van der Waals surface area contributed by atoms with Crippen LogP contribution in [0.25, 0.3) is 0 Å². The molecule has 4 aliphatic rings. The number of rotatable bonds is 7. The molecule has 2 fully saturated rings. The van der Waals surface area contributed by atoms with Gasteiger partial charge in [0, 0.05) is 17.8 Å². The molecular formula is C30H36F5O5P. The van der Waals surface area contributed by atoms with Gasteiger partial charge in [-0.3, -0.25) is 9.36 Å². The Labute approximate surface area is 236 Å². The lowest BCUT2D eigenvalue weighted by molar-refractivity contribution is -0.362. The number of carbonyl (C=O) groups excluding carboxylic acids is 1. The van der Waals surface area contributed by atoms with E-state index < -0.39 is 49.0 Å². The third kappa shape index (κ3) is 4.59. The molecule has 5 atom stereocenters. The predicted octanol–water partition coefficient (Wildman–Crippen LogP) is 7.41. The monoisotopic (exact) mass is 602 g/mol. The highest BCUT2D eigenvalue weighted by Gasteiger charge is 2.79. The fourth-order valence-electron chi connectivity index (χ4n) is 8.13. The van der Waals surface area contributed by atoms with Crippen molar-refractivity contribution in [2.45, 2.75) is 89.3 Å². The second-order valence-corrected chi connectivity index (χ2v) is 13.9. The van der Waals surface area contributed by atoms with Crippen LogP contribution in [-0.2, 0) is 18.4 Å². The molecule has 0 saturated heterocycles. The zero-order chi connectivity index (χ0) is 30.0. The van der Waals surface area contributed by atoms with E-state index in [1.807, 2.05) is 0 Å². The van der Waals surface area contributed by atoms with Gasteiger partial charge in [-0.25, -0.2) is 0 Å². The molecule has 11 heteroatoms. The first-order valence-electron chi connectivity index (χ1n) is 14.3. The SMILES string of the molecule is CCOP(=O)(OCC)c1ccc([C@H]2C[C@@]3(C)[C@@H](CC[C@@]3(O)C(F)(F)C(F)(F)F)C3CCC4=CC(=O)CCC4=C32)cc1. The third-order valence-electron chi connectivity index (χ3n) is 9.97. The summed E-state index contributed by atoms with van der Waals surface area (Å²) in [5, 5.41) is 11.7. The highest BCUT2D eigenvalue weighted by Crippen LogP contribution is 2.70. The Hall–Kier alpha value is -1.87. The molecule has 1 aromatic rings. The number of allylic oxidation sites excluding steroid dienone is 4. The van der Waals surface area contributed by atoms with Crippen LogP contribution >= 0.6 is 7.60 Å². The van der Waals surface area contributed by atoms with Gasteiger partial charge in [-0.05, 0) is 99.1 Å². The molecule has 5 rings (SSSR count). The van der Waals surface area contributed by atoms with Crippen LogP contribution in [0.3, 0.4) is 0 Å². The predicted molar refractivity (Wildman–Crippen MR) is 143 cm³/mol. The summed E-state index contributed by atoms with van der Waals surface area (Å²) >= 11 is 0. The fraction of sp³-hybridized carbons (Fsp3) is 0.633. The van der Waals surface area contributed by atoms with Gasteiger partial charge in [0.1, 0.15) is 5.60 Å². The van der Waals surface area contributed by atoms with Crippen LogP contribution in [0.4, 0.5) is 22.0 Å². The van der Waals surface area contributed by atoms with Gasteiger partial charge >= 0.3 is 19.7 Å². The van der Waals surface area contributed by atoms with Crippen LogP contribution in [0.15, 0.2) is 47.1 Å². The molecule has 0 aliphatic heterocycles. The van der Waals surface area contributed by atoms with Gasteiger partial charge in [-0.2, -0.15) is 22.0 Å².